The van der Waals surface area contributed by atoms with Gasteiger partial charge in [-0.15, -0.1) is 0 Å². The third-order valence-corrected chi connectivity index (χ3v) is 4.39. The highest BCUT2D eigenvalue weighted by Crippen LogP contribution is 2.12. The molecule has 0 aliphatic heterocycles. The number of urea groups is 1. The Morgan fingerprint density at radius 3 is 2.16 bits per heavy atom. The van der Waals surface area contributed by atoms with Crippen LogP contribution in [0.1, 0.15) is 25.0 Å². The van der Waals surface area contributed by atoms with Gasteiger partial charge in [-0.1, -0.05) is 61.9 Å². The first-order valence-electron chi connectivity index (χ1n) is 9.01. The van der Waals surface area contributed by atoms with Crippen LogP contribution in [0.15, 0.2) is 54.6 Å². The number of anilines is 1. The third kappa shape index (κ3) is 6.24. The summed E-state index contributed by atoms with van der Waals surface area (Å²) in [6.07, 6.45) is 0. The lowest BCUT2D eigenvalue weighted by Crippen LogP contribution is -2.40. The van der Waals surface area contributed by atoms with Gasteiger partial charge in [-0.25, -0.2) is 4.79 Å². The summed E-state index contributed by atoms with van der Waals surface area (Å²) in [5.41, 5.74) is 3.15. The van der Waals surface area contributed by atoms with E-state index in [4.69, 9.17) is 0 Å². The van der Waals surface area contributed by atoms with E-state index in [2.05, 4.69) is 36.2 Å². The van der Waals surface area contributed by atoms with Gasteiger partial charge in [0.05, 0.1) is 0 Å². The minimum absolute atomic E-state index is 0.0557. The van der Waals surface area contributed by atoms with Crippen LogP contribution in [0.5, 0.6) is 0 Å². The minimum atomic E-state index is -0.0557. The molecule has 4 nitrogen and oxygen atoms in total. The van der Waals surface area contributed by atoms with Crippen LogP contribution in [0.4, 0.5) is 10.5 Å². The molecule has 134 valence electrons. The molecule has 0 aliphatic carbocycles. The van der Waals surface area contributed by atoms with Gasteiger partial charge in [0.25, 0.3) is 0 Å². The van der Waals surface area contributed by atoms with Crippen molar-refractivity contribution in [1.29, 1.82) is 0 Å². The Balaban J connectivity index is 2.05. The zero-order valence-electron chi connectivity index (χ0n) is 15.5. The van der Waals surface area contributed by atoms with Gasteiger partial charge < -0.3 is 15.1 Å². The van der Waals surface area contributed by atoms with Crippen molar-refractivity contribution < 1.29 is 4.79 Å². The predicted octanol–water partition coefficient (Wildman–Crippen LogP) is 4.37. The summed E-state index contributed by atoms with van der Waals surface area (Å²) in [5.74, 6) is 0. The first-order chi connectivity index (χ1) is 12.1. The monoisotopic (exact) mass is 339 g/mol. The Morgan fingerprint density at radius 1 is 0.920 bits per heavy atom. The maximum Gasteiger partial charge on any atom is 0.322 e. The Kier molecular flexibility index (Phi) is 7.48. The zero-order valence-corrected chi connectivity index (χ0v) is 15.5. The number of rotatable bonds is 8. The van der Waals surface area contributed by atoms with E-state index in [9.17, 15) is 4.79 Å². The SMILES string of the molecule is CCN(CC)CCN(Cc1ccccc1)C(=O)Nc1ccc(C)cc1. The van der Waals surface area contributed by atoms with Crippen LogP contribution >= 0.6 is 0 Å². The molecular formula is C21H29N3O. The van der Waals surface area contributed by atoms with Gasteiger partial charge in [0.1, 0.15) is 0 Å². The van der Waals surface area contributed by atoms with Crippen molar-refractivity contribution in [1.82, 2.24) is 9.80 Å². The Morgan fingerprint density at radius 2 is 1.56 bits per heavy atom. The topological polar surface area (TPSA) is 35.6 Å². The summed E-state index contributed by atoms with van der Waals surface area (Å²) < 4.78 is 0. The summed E-state index contributed by atoms with van der Waals surface area (Å²) in [7, 11) is 0. The van der Waals surface area contributed by atoms with Crippen molar-refractivity contribution in [3.8, 4) is 0 Å². The first kappa shape index (κ1) is 19.0. The van der Waals surface area contributed by atoms with Crippen molar-refractivity contribution in [2.24, 2.45) is 0 Å². The van der Waals surface area contributed by atoms with E-state index in [0.717, 1.165) is 30.9 Å². The second kappa shape index (κ2) is 9.84. The van der Waals surface area contributed by atoms with E-state index in [1.807, 2.05) is 54.3 Å². The molecule has 0 fully saturated rings. The second-order valence-corrected chi connectivity index (χ2v) is 6.23. The van der Waals surface area contributed by atoms with Crippen molar-refractivity contribution in [3.63, 3.8) is 0 Å². The highest BCUT2D eigenvalue weighted by Gasteiger charge is 2.15. The van der Waals surface area contributed by atoms with E-state index in [0.29, 0.717) is 13.1 Å². The molecule has 0 saturated heterocycles. The quantitative estimate of drug-likeness (QED) is 0.775. The van der Waals surface area contributed by atoms with Crippen LogP contribution in [-0.4, -0.2) is 42.0 Å². The molecule has 0 radical (unpaired) electrons. The number of carbonyl (C=O) groups excluding carboxylic acids is 1. The lowest BCUT2D eigenvalue weighted by molar-refractivity contribution is 0.194. The smallest absolute Gasteiger partial charge is 0.319 e. The Labute approximate surface area is 151 Å². The standard InChI is InChI=1S/C21H29N3O/c1-4-23(5-2)15-16-24(17-19-9-7-6-8-10-19)21(25)22-20-13-11-18(3)12-14-20/h6-14H,4-5,15-17H2,1-3H3,(H,22,25). The van der Waals surface area contributed by atoms with E-state index in [1.165, 1.54) is 5.56 Å². The summed E-state index contributed by atoms with van der Waals surface area (Å²) in [6, 6.07) is 18.0. The van der Waals surface area contributed by atoms with E-state index < -0.39 is 0 Å². The van der Waals surface area contributed by atoms with E-state index in [1.54, 1.807) is 0 Å². The predicted molar refractivity (Wildman–Crippen MR) is 105 cm³/mol. The fraction of sp³-hybridized carbons (Fsp3) is 0.381. The molecule has 1 N–H and O–H groups in total. The molecule has 0 aliphatic rings. The molecule has 2 rings (SSSR count). The van der Waals surface area contributed by atoms with Crippen molar-refractivity contribution in [2.75, 3.05) is 31.5 Å². The molecule has 2 aromatic carbocycles. The van der Waals surface area contributed by atoms with Crippen LogP contribution in [0, 0.1) is 6.92 Å². The molecule has 0 saturated carbocycles. The van der Waals surface area contributed by atoms with Gasteiger partial charge in [0.2, 0.25) is 0 Å². The van der Waals surface area contributed by atoms with Gasteiger partial charge in [0.15, 0.2) is 0 Å². The molecule has 0 aromatic heterocycles. The van der Waals surface area contributed by atoms with E-state index >= 15 is 0 Å². The molecule has 0 unspecified atom stereocenters. The number of hydrogen-bond donors (Lipinski definition) is 1. The molecule has 0 atom stereocenters. The van der Waals surface area contributed by atoms with Gasteiger partial charge in [-0.2, -0.15) is 0 Å². The zero-order chi connectivity index (χ0) is 18.1. The maximum absolute atomic E-state index is 12.8. The first-order valence-corrected chi connectivity index (χ1v) is 9.01. The van der Waals surface area contributed by atoms with Gasteiger partial charge in [-0.3, -0.25) is 0 Å². The van der Waals surface area contributed by atoms with Crippen molar-refractivity contribution in [3.05, 3.63) is 65.7 Å². The summed E-state index contributed by atoms with van der Waals surface area (Å²) in [4.78, 5) is 17.0. The number of benzene rings is 2. The van der Waals surface area contributed by atoms with Crippen LogP contribution in [0.25, 0.3) is 0 Å². The minimum Gasteiger partial charge on any atom is -0.319 e. The maximum atomic E-state index is 12.8. The van der Waals surface area contributed by atoms with Crippen LogP contribution in [0.2, 0.25) is 0 Å². The Bertz CT molecular complexity index is 636. The summed E-state index contributed by atoms with van der Waals surface area (Å²) >= 11 is 0. The average molecular weight is 339 g/mol. The van der Waals surface area contributed by atoms with Gasteiger partial charge in [0, 0.05) is 25.3 Å². The molecule has 0 spiro atoms. The summed E-state index contributed by atoms with van der Waals surface area (Å²) in [6.45, 7) is 10.5. The molecule has 4 heteroatoms. The highest BCUT2D eigenvalue weighted by atomic mass is 16.2. The fourth-order valence-corrected chi connectivity index (χ4v) is 2.70. The van der Waals surface area contributed by atoms with Crippen molar-refractivity contribution in [2.45, 2.75) is 27.3 Å². The molecule has 2 aromatic rings. The molecule has 25 heavy (non-hydrogen) atoms. The number of amides is 2. The number of carbonyl (C=O) groups is 1. The third-order valence-electron chi connectivity index (χ3n) is 4.39. The van der Waals surface area contributed by atoms with Crippen LogP contribution < -0.4 is 5.32 Å². The average Bonchev–Trinajstić information content (AvgIpc) is 2.64. The molecule has 0 bridgehead atoms. The molecule has 2 amide bonds. The van der Waals surface area contributed by atoms with E-state index in [-0.39, 0.29) is 6.03 Å². The number of aryl methyl sites for hydroxylation is 1. The summed E-state index contributed by atoms with van der Waals surface area (Å²) in [5, 5.41) is 3.02. The second-order valence-electron chi connectivity index (χ2n) is 6.23. The lowest BCUT2D eigenvalue weighted by Gasteiger charge is -2.27. The molecular weight excluding hydrogens is 310 g/mol. The molecule has 0 heterocycles. The lowest BCUT2D eigenvalue weighted by atomic mass is 10.2. The highest BCUT2D eigenvalue weighted by molar-refractivity contribution is 5.89. The number of nitrogens with one attached hydrogen (secondary N) is 1. The van der Waals surface area contributed by atoms with Gasteiger partial charge in [-0.05, 0) is 37.7 Å². The fourth-order valence-electron chi connectivity index (χ4n) is 2.70. The number of hydrogen-bond acceptors (Lipinski definition) is 2. The van der Waals surface area contributed by atoms with Crippen LogP contribution in [-0.2, 0) is 6.54 Å². The number of likely N-dealkylation sites (N-methyl/N-ethyl adjacent to an activating group) is 1. The van der Waals surface area contributed by atoms with Gasteiger partial charge >= 0.3 is 6.03 Å². The van der Waals surface area contributed by atoms with Crippen LogP contribution in [0.3, 0.4) is 0 Å². The number of nitrogens with zero attached hydrogens (tertiary/aromatic N) is 2. The normalized spacial score (nSPS) is 10.7. The Hall–Kier alpha value is -2.33. The largest absolute Gasteiger partial charge is 0.322 e. The van der Waals surface area contributed by atoms with Crippen molar-refractivity contribution >= 4 is 11.7 Å².